The molecule has 0 saturated heterocycles. The molecule has 17 heavy (non-hydrogen) atoms. The number of benzene rings is 1. The summed E-state index contributed by atoms with van der Waals surface area (Å²) >= 11 is 0. The van der Waals surface area contributed by atoms with E-state index in [1.807, 2.05) is 18.2 Å². The van der Waals surface area contributed by atoms with Crippen LogP contribution in [0.2, 0.25) is 0 Å². The first-order chi connectivity index (χ1) is 8.33. The van der Waals surface area contributed by atoms with Gasteiger partial charge in [-0.2, -0.15) is 0 Å². The summed E-state index contributed by atoms with van der Waals surface area (Å²) in [5, 5.41) is 3.19. The van der Waals surface area contributed by atoms with Crippen LogP contribution in [0.3, 0.4) is 0 Å². The van der Waals surface area contributed by atoms with Crippen LogP contribution >= 0.6 is 0 Å². The molecule has 0 unspecified atom stereocenters. The van der Waals surface area contributed by atoms with E-state index in [4.69, 9.17) is 0 Å². The zero-order chi connectivity index (χ0) is 11.7. The second-order valence-electron chi connectivity index (χ2n) is 4.01. The van der Waals surface area contributed by atoms with E-state index in [1.54, 1.807) is 12.3 Å². The molecule has 1 aromatic carbocycles. The van der Waals surface area contributed by atoms with E-state index in [0.717, 1.165) is 29.1 Å². The normalized spacial score (nSPS) is 13.5. The molecule has 0 aliphatic heterocycles. The molecule has 0 amide bonds. The number of aromatic nitrogens is 2. The van der Waals surface area contributed by atoms with Crippen molar-refractivity contribution in [2.75, 3.05) is 5.32 Å². The van der Waals surface area contributed by atoms with E-state index in [9.17, 15) is 4.79 Å². The third kappa shape index (κ3) is 1.89. The molecule has 1 heterocycles. The molecule has 0 radical (unpaired) electrons. The van der Waals surface area contributed by atoms with Gasteiger partial charge in [0.05, 0.1) is 0 Å². The molecule has 1 N–H and O–H groups in total. The number of aryl methyl sites for hydroxylation is 1. The number of nitrogens with one attached hydrogen (secondary N) is 1. The standard InChI is InChI=1S/C13H11N3O/c17-12-4-1-9-7-10(2-3-11(9)12)16-13-5-6-14-8-15-13/h2-3,5-8H,1,4H2,(H,14,15,16). The van der Waals surface area contributed by atoms with Crippen LogP contribution in [-0.4, -0.2) is 15.8 Å². The van der Waals surface area contributed by atoms with Crippen LogP contribution in [0.25, 0.3) is 0 Å². The van der Waals surface area contributed by atoms with E-state index < -0.39 is 0 Å². The number of hydrogen-bond donors (Lipinski definition) is 1. The van der Waals surface area contributed by atoms with Crippen LogP contribution in [-0.2, 0) is 6.42 Å². The zero-order valence-electron chi connectivity index (χ0n) is 9.18. The van der Waals surface area contributed by atoms with Gasteiger partial charge in [0.15, 0.2) is 5.78 Å². The summed E-state index contributed by atoms with van der Waals surface area (Å²) in [6.07, 6.45) is 4.66. The fourth-order valence-electron chi connectivity index (χ4n) is 2.05. The van der Waals surface area contributed by atoms with Gasteiger partial charge in [-0.25, -0.2) is 9.97 Å². The fraction of sp³-hybridized carbons (Fsp3) is 0.154. The van der Waals surface area contributed by atoms with Crippen molar-refractivity contribution in [1.82, 2.24) is 9.97 Å². The third-order valence-electron chi connectivity index (χ3n) is 2.88. The number of hydrogen-bond acceptors (Lipinski definition) is 4. The maximum absolute atomic E-state index is 11.5. The summed E-state index contributed by atoms with van der Waals surface area (Å²) in [6.45, 7) is 0. The van der Waals surface area contributed by atoms with Crippen molar-refractivity contribution < 1.29 is 4.79 Å². The zero-order valence-corrected chi connectivity index (χ0v) is 9.18. The number of rotatable bonds is 2. The molecule has 4 nitrogen and oxygen atoms in total. The Morgan fingerprint density at radius 3 is 2.94 bits per heavy atom. The maximum Gasteiger partial charge on any atom is 0.163 e. The van der Waals surface area contributed by atoms with Gasteiger partial charge in [-0.05, 0) is 36.2 Å². The lowest BCUT2D eigenvalue weighted by molar-refractivity contribution is 0.0994. The van der Waals surface area contributed by atoms with Gasteiger partial charge in [-0.1, -0.05) is 0 Å². The molecule has 2 aromatic rings. The van der Waals surface area contributed by atoms with Gasteiger partial charge in [0.2, 0.25) is 0 Å². The van der Waals surface area contributed by atoms with E-state index in [-0.39, 0.29) is 5.78 Å². The predicted octanol–water partition coefficient (Wildman–Crippen LogP) is 2.35. The van der Waals surface area contributed by atoms with E-state index in [1.165, 1.54) is 6.33 Å². The highest BCUT2D eigenvalue weighted by atomic mass is 16.1. The highest BCUT2D eigenvalue weighted by Crippen LogP contribution is 2.26. The summed E-state index contributed by atoms with van der Waals surface area (Å²) in [6, 6.07) is 7.61. The molecular weight excluding hydrogens is 214 g/mol. The molecule has 1 aliphatic rings. The Bertz CT molecular complexity index is 566. The molecule has 0 bridgehead atoms. The number of nitrogens with zero attached hydrogens (tertiary/aromatic N) is 2. The minimum absolute atomic E-state index is 0.244. The van der Waals surface area contributed by atoms with E-state index in [0.29, 0.717) is 6.42 Å². The number of anilines is 2. The smallest absolute Gasteiger partial charge is 0.163 e. The van der Waals surface area contributed by atoms with Gasteiger partial charge in [-0.3, -0.25) is 4.79 Å². The van der Waals surface area contributed by atoms with Crippen molar-refractivity contribution in [3.63, 3.8) is 0 Å². The topological polar surface area (TPSA) is 54.9 Å². The largest absolute Gasteiger partial charge is 0.340 e. The molecule has 84 valence electrons. The van der Waals surface area contributed by atoms with E-state index in [2.05, 4.69) is 15.3 Å². The molecule has 0 saturated carbocycles. The van der Waals surface area contributed by atoms with Gasteiger partial charge in [0.25, 0.3) is 0 Å². The highest BCUT2D eigenvalue weighted by molar-refractivity contribution is 6.00. The lowest BCUT2D eigenvalue weighted by Crippen LogP contribution is -1.96. The van der Waals surface area contributed by atoms with Crippen molar-refractivity contribution in [3.8, 4) is 0 Å². The fourth-order valence-corrected chi connectivity index (χ4v) is 2.05. The summed E-state index contributed by atoms with van der Waals surface area (Å²) in [5.41, 5.74) is 2.93. The number of Topliss-reactive ketones (excluding diaryl/α,β-unsaturated/α-hetero) is 1. The molecule has 0 spiro atoms. The van der Waals surface area contributed by atoms with Crippen molar-refractivity contribution >= 4 is 17.3 Å². The Morgan fingerprint density at radius 2 is 2.12 bits per heavy atom. The molecule has 1 aromatic heterocycles. The number of ketones is 1. The molecular formula is C13H11N3O. The summed E-state index contributed by atoms with van der Waals surface area (Å²) in [7, 11) is 0. The number of fused-ring (bicyclic) bond motifs is 1. The van der Waals surface area contributed by atoms with Crippen molar-refractivity contribution in [2.24, 2.45) is 0 Å². The lowest BCUT2D eigenvalue weighted by atomic mass is 10.1. The maximum atomic E-state index is 11.5. The summed E-state index contributed by atoms with van der Waals surface area (Å²) < 4.78 is 0. The van der Waals surface area contributed by atoms with Crippen LogP contribution in [0.5, 0.6) is 0 Å². The number of carbonyl (C=O) groups excluding carboxylic acids is 1. The van der Waals surface area contributed by atoms with Gasteiger partial charge in [-0.15, -0.1) is 0 Å². The van der Waals surface area contributed by atoms with Crippen LogP contribution in [0.1, 0.15) is 22.3 Å². The first-order valence-electron chi connectivity index (χ1n) is 5.52. The van der Waals surface area contributed by atoms with Crippen LogP contribution in [0.15, 0.2) is 36.8 Å². The summed E-state index contributed by atoms with van der Waals surface area (Å²) in [5.74, 6) is 0.998. The van der Waals surface area contributed by atoms with Crippen molar-refractivity contribution in [3.05, 3.63) is 47.9 Å². The summed E-state index contributed by atoms with van der Waals surface area (Å²) in [4.78, 5) is 19.4. The quantitative estimate of drug-likeness (QED) is 0.852. The molecule has 0 fully saturated rings. The average Bonchev–Trinajstić information content (AvgIpc) is 2.72. The predicted molar refractivity (Wildman–Crippen MR) is 64.4 cm³/mol. The SMILES string of the molecule is O=C1CCc2cc(Nc3ccncn3)ccc21. The Morgan fingerprint density at radius 1 is 1.18 bits per heavy atom. The molecule has 4 heteroatoms. The Balaban J connectivity index is 1.88. The Labute approximate surface area is 98.7 Å². The molecule has 3 rings (SSSR count). The first-order valence-corrected chi connectivity index (χ1v) is 5.52. The molecule has 0 atom stereocenters. The van der Waals surface area contributed by atoms with Gasteiger partial charge in [0.1, 0.15) is 12.1 Å². The second-order valence-corrected chi connectivity index (χ2v) is 4.01. The van der Waals surface area contributed by atoms with Gasteiger partial charge in [0, 0.05) is 23.9 Å². The van der Waals surface area contributed by atoms with Crippen molar-refractivity contribution in [2.45, 2.75) is 12.8 Å². The highest BCUT2D eigenvalue weighted by Gasteiger charge is 2.19. The first kappa shape index (κ1) is 9.96. The minimum atomic E-state index is 0.244. The van der Waals surface area contributed by atoms with Crippen LogP contribution in [0, 0.1) is 0 Å². The average molecular weight is 225 g/mol. The second kappa shape index (κ2) is 3.97. The van der Waals surface area contributed by atoms with Gasteiger partial charge >= 0.3 is 0 Å². The van der Waals surface area contributed by atoms with Gasteiger partial charge < -0.3 is 5.32 Å². The lowest BCUT2D eigenvalue weighted by Gasteiger charge is -2.06. The monoisotopic (exact) mass is 225 g/mol. The van der Waals surface area contributed by atoms with E-state index >= 15 is 0 Å². The number of carbonyl (C=O) groups is 1. The van der Waals surface area contributed by atoms with Crippen LogP contribution < -0.4 is 5.32 Å². The minimum Gasteiger partial charge on any atom is -0.340 e. The Kier molecular flexibility index (Phi) is 2.33. The van der Waals surface area contributed by atoms with Crippen molar-refractivity contribution in [1.29, 1.82) is 0 Å². The Hall–Kier alpha value is -2.23. The van der Waals surface area contributed by atoms with Crippen LogP contribution in [0.4, 0.5) is 11.5 Å². The molecule has 1 aliphatic carbocycles. The third-order valence-corrected chi connectivity index (χ3v) is 2.88.